The minimum Gasteiger partial charge on any atom is -0.394 e. The fraction of sp³-hybridized carbons (Fsp3) is 0.857. The van der Waals surface area contributed by atoms with Gasteiger partial charge in [-0.25, -0.2) is 0 Å². The van der Waals surface area contributed by atoms with E-state index in [1.165, 1.54) is 0 Å². The molecule has 0 aliphatic carbocycles. The maximum atomic E-state index is 11.3. The molecule has 1 heterocycles. The Bertz CT molecular complexity index is 159. The summed E-state index contributed by atoms with van der Waals surface area (Å²) in [5.41, 5.74) is 0. The Morgan fingerprint density at radius 3 is 3.17 bits per heavy atom. The van der Waals surface area contributed by atoms with Crippen LogP contribution in [0.15, 0.2) is 0 Å². The van der Waals surface area contributed by atoms with Crippen molar-refractivity contribution in [2.45, 2.75) is 19.0 Å². The zero-order chi connectivity index (χ0) is 8.97. The molecule has 0 saturated carbocycles. The molecule has 1 saturated heterocycles. The maximum Gasteiger partial charge on any atom is 0.238 e. The first-order valence-electron chi connectivity index (χ1n) is 3.96. The van der Waals surface area contributed by atoms with Gasteiger partial charge in [0, 0.05) is 17.7 Å². The number of nitrogens with one attached hydrogen (secondary N) is 2. The first-order valence-corrected chi connectivity index (χ1v) is 5.12. The second kappa shape index (κ2) is 4.69. The molecule has 1 aliphatic rings. The lowest BCUT2D eigenvalue weighted by molar-refractivity contribution is -0.123. The van der Waals surface area contributed by atoms with E-state index in [0.29, 0.717) is 0 Å². The van der Waals surface area contributed by atoms with E-state index in [1.54, 1.807) is 18.7 Å². The van der Waals surface area contributed by atoms with Crippen molar-refractivity contribution in [2.75, 3.05) is 18.2 Å². The van der Waals surface area contributed by atoms with Crippen molar-refractivity contribution < 1.29 is 9.90 Å². The van der Waals surface area contributed by atoms with Gasteiger partial charge in [0.15, 0.2) is 0 Å². The third-order valence-corrected chi connectivity index (χ3v) is 2.64. The molecule has 0 bridgehead atoms. The van der Waals surface area contributed by atoms with Gasteiger partial charge in [0.1, 0.15) is 0 Å². The lowest BCUT2D eigenvalue weighted by atomic mass is 10.3. The summed E-state index contributed by atoms with van der Waals surface area (Å²) in [7, 11) is 0. The van der Waals surface area contributed by atoms with Gasteiger partial charge in [0.25, 0.3) is 0 Å². The molecule has 0 radical (unpaired) electrons. The topological polar surface area (TPSA) is 61.4 Å². The minimum atomic E-state index is -0.148. The van der Waals surface area contributed by atoms with Gasteiger partial charge in [-0.2, -0.15) is 0 Å². The van der Waals surface area contributed by atoms with E-state index in [-0.39, 0.29) is 24.6 Å². The minimum absolute atomic E-state index is 0.00833. The van der Waals surface area contributed by atoms with E-state index in [1.807, 2.05) is 0 Å². The van der Waals surface area contributed by atoms with Crippen LogP contribution >= 0.6 is 11.8 Å². The van der Waals surface area contributed by atoms with Crippen molar-refractivity contribution in [1.82, 2.24) is 10.6 Å². The van der Waals surface area contributed by atoms with E-state index in [2.05, 4.69) is 10.6 Å². The second-order valence-electron chi connectivity index (χ2n) is 2.86. The van der Waals surface area contributed by atoms with Crippen LogP contribution in [0.2, 0.25) is 0 Å². The van der Waals surface area contributed by atoms with Gasteiger partial charge in [-0.15, -0.1) is 11.8 Å². The number of aliphatic hydroxyl groups excluding tert-OH is 1. The summed E-state index contributed by atoms with van der Waals surface area (Å²) in [5, 5.41) is 14.4. The maximum absolute atomic E-state index is 11.3. The molecular weight excluding hydrogens is 176 g/mol. The molecule has 1 aliphatic heterocycles. The molecule has 1 rings (SSSR count). The fourth-order valence-corrected chi connectivity index (χ4v) is 1.89. The molecule has 3 N–H and O–H groups in total. The van der Waals surface area contributed by atoms with Crippen LogP contribution in [0.1, 0.15) is 6.92 Å². The van der Waals surface area contributed by atoms with Crippen molar-refractivity contribution in [3.05, 3.63) is 0 Å². The molecule has 4 nitrogen and oxygen atoms in total. The summed E-state index contributed by atoms with van der Waals surface area (Å²) in [6.45, 7) is 1.77. The van der Waals surface area contributed by atoms with E-state index >= 15 is 0 Å². The average Bonchev–Trinajstić information content (AvgIpc) is 2.56. The van der Waals surface area contributed by atoms with Crippen LogP contribution in [-0.2, 0) is 4.79 Å². The number of carbonyl (C=O) groups excluding carboxylic acids is 1. The standard InChI is InChI=1S/C7H14N2O2S/c1-5(2-10)9-7(11)6-3-12-4-8-6/h5-6,8,10H,2-4H2,1H3,(H,9,11)/t5-,6?/m0/s1. The van der Waals surface area contributed by atoms with Crippen molar-refractivity contribution in [1.29, 1.82) is 0 Å². The first kappa shape index (κ1) is 9.83. The Hall–Kier alpha value is -0.260. The predicted molar refractivity (Wildman–Crippen MR) is 48.9 cm³/mol. The Balaban J connectivity index is 2.27. The highest BCUT2D eigenvalue weighted by Crippen LogP contribution is 2.09. The summed E-state index contributed by atoms with van der Waals surface area (Å²) in [4.78, 5) is 11.3. The Labute approximate surface area is 76.1 Å². The molecule has 1 amide bonds. The number of amides is 1. The smallest absolute Gasteiger partial charge is 0.238 e. The van der Waals surface area contributed by atoms with E-state index in [9.17, 15) is 4.79 Å². The molecule has 1 unspecified atom stereocenters. The number of rotatable bonds is 3. The van der Waals surface area contributed by atoms with Gasteiger partial charge in [-0.3, -0.25) is 10.1 Å². The number of hydrogen-bond donors (Lipinski definition) is 3. The summed E-state index contributed by atoms with van der Waals surface area (Å²) in [6.07, 6.45) is 0. The number of carbonyl (C=O) groups is 1. The Kier molecular flexibility index (Phi) is 3.84. The summed E-state index contributed by atoms with van der Waals surface area (Å²) in [6, 6.07) is -0.228. The van der Waals surface area contributed by atoms with Crippen LogP contribution in [0.5, 0.6) is 0 Å². The highest BCUT2D eigenvalue weighted by atomic mass is 32.2. The largest absolute Gasteiger partial charge is 0.394 e. The van der Waals surface area contributed by atoms with Crippen molar-refractivity contribution in [2.24, 2.45) is 0 Å². The Morgan fingerprint density at radius 1 is 1.92 bits per heavy atom. The molecule has 1 fully saturated rings. The zero-order valence-corrected chi connectivity index (χ0v) is 7.86. The third kappa shape index (κ3) is 2.66. The molecule has 0 spiro atoms. The SMILES string of the molecule is C[C@@H](CO)NC(=O)C1CSCN1. The van der Waals surface area contributed by atoms with Crippen LogP contribution in [0.25, 0.3) is 0 Å². The monoisotopic (exact) mass is 190 g/mol. The predicted octanol–water partition coefficient (Wildman–Crippen LogP) is -0.854. The molecule has 12 heavy (non-hydrogen) atoms. The Morgan fingerprint density at radius 2 is 2.67 bits per heavy atom. The molecule has 2 atom stereocenters. The van der Waals surface area contributed by atoms with Gasteiger partial charge < -0.3 is 10.4 Å². The zero-order valence-electron chi connectivity index (χ0n) is 7.04. The average molecular weight is 190 g/mol. The highest BCUT2D eigenvalue weighted by molar-refractivity contribution is 7.99. The van der Waals surface area contributed by atoms with Crippen molar-refractivity contribution in [3.8, 4) is 0 Å². The number of thioether (sulfide) groups is 1. The van der Waals surface area contributed by atoms with Crippen molar-refractivity contribution >= 4 is 17.7 Å². The number of aliphatic hydroxyl groups is 1. The van der Waals surface area contributed by atoms with Gasteiger partial charge in [0.2, 0.25) is 5.91 Å². The lowest BCUT2D eigenvalue weighted by Crippen LogP contribution is -2.46. The van der Waals surface area contributed by atoms with Gasteiger partial charge >= 0.3 is 0 Å². The van der Waals surface area contributed by atoms with Gasteiger partial charge in [-0.05, 0) is 6.92 Å². The molecule has 0 aromatic rings. The van der Waals surface area contributed by atoms with E-state index in [0.717, 1.165) is 11.6 Å². The van der Waals surface area contributed by atoms with Crippen LogP contribution < -0.4 is 10.6 Å². The van der Waals surface area contributed by atoms with Crippen LogP contribution in [0.4, 0.5) is 0 Å². The lowest BCUT2D eigenvalue weighted by Gasteiger charge is -2.14. The van der Waals surface area contributed by atoms with E-state index in [4.69, 9.17) is 5.11 Å². The van der Waals surface area contributed by atoms with Crippen LogP contribution in [0, 0.1) is 0 Å². The third-order valence-electron chi connectivity index (χ3n) is 1.70. The fourth-order valence-electron chi connectivity index (χ4n) is 0.953. The summed E-state index contributed by atoms with van der Waals surface area (Å²) < 4.78 is 0. The summed E-state index contributed by atoms with van der Waals surface area (Å²) >= 11 is 1.71. The first-order chi connectivity index (χ1) is 5.74. The van der Waals surface area contributed by atoms with Crippen LogP contribution in [0.3, 0.4) is 0 Å². The summed E-state index contributed by atoms with van der Waals surface area (Å²) in [5.74, 6) is 1.65. The van der Waals surface area contributed by atoms with Gasteiger partial charge in [-0.1, -0.05) is 0 Å². The van der Waals surface area contributed by atoms with Crippen molar-refractivity contribution in [3.63, 3.8) is 0 Å². The quantitative estimate of drug-likeness (QED) is 0.542. The van der Waals surface area contributed by atoms with Gasteiger partial charge in [0.05, 0.1) is 12.6 Å². The molecule has 0 aromatic carbocycles. The van der Waals surface area contributed by atoms with Crippen LogP contribution in [-0.4, -0.2) is 41.3 Å². The van der Waals surface area contributed by atoms with E-state index < -0.39 is 0 Å². The normalized spacial score (nSPS) is 25.3. The molecular formula is C7H14N2O2S. The molecule has 5 heteroatoms. The second-order valence-corrected chi connectivity index (χ2v) is 3.89. The number of hydrogen-bond acceptors (Lipinski definition) is 4. The molecule has 70 valence electrons. The highest BCUT2D eigenvalue weighted by Gasteiger charge is 2.22. The molecule has 0 aromatic heterocycles.